The summed E-state index contributed by atoms with van der Waals surface area (Å²) in [6, 6.07) is 8.26. The molecule has 1 aromatic carbocycles. The van der Waals surface area contributed by atoms with Gasteiger partial charge in [0.25, 0.3) is 0 Å². The Labute approximate surface area is 127 Å². The zero-order valence-electron chi connectivity index (χ0n) is 13.2. The molecular weight excluding hydrogens is 264 g/mol. The second-order valence-electron chi connectivity index (χ2n) is 6.21. The molecule has 21 heavy (non-hydrogen) atoms. The third-order valence-electron chi connectivity index (χ3n) is 3.86. The maximum absolute atomic E-state index is 12.5. The van der Waals surface area contributed by atoms with Crippen molar-refractivity contribution in [1.82, 2.24) is 4.90 Å². The predicted molar refractivity (Wildman–Crippen MR) is 84.3 cm³/mol. The number of nitrogens with zero attached hydrogens (tertiary/aromatic N) is 1. The number of carbonyl (C=O) groups excluding carboxylic acids is 1. The maximum atomic E-state index is 12.5. The molecule has 2 N–H and O–H groups in total. The summed E-state index contributed by atoms with van der Waals surface area (Å²) in [5, 5.41) is 0. The van der Waals surface area contributed by atoms with Gasteiger partial charge in [-0.15, -0.1) is 0 Å². The quantitative estimate of drug-likeness (QED) is 0.926. The van der Waals surface area contributed by atoms with Crippen molar-refractivity contribution in [3.8, 4) is 5.75 Å². The van der Waals surface area contributed by atoms with Gasteiger partial charge in [0.05, 0.1) is 12.5 Å². The van der Waals surface area contributed by atoms with Gasteiger partial charge in [-0.05, 0) is 51.3 Å². The van der Waals surface area contributed by atoms with E-state index in [1.165, 1.54) is 0 Å². The van der Waals surface area contributed by atoms with Crippen LogP contribution in [-0.4, -0.2) is 35.5 Å². The van der Waals surface area contributed by atoms with Gasteiger partial charge >= 0.3 is 0 Å². The van der Waals surface area contributed by atoms with Gasteiger partial charge in [-0.1, -0.05) is 12.1 Å². The predicted octanol–water partition coefficient (Wildman–Crippen LogP) is 2.35. The highest BCUT2D eigenvalue weighted by Crippen LogP contribution is 2.19. The normalized spacial score (nSPS) is 22.4. The Balaban J connectivity index is 1.99. The molecule has 1 aliphatic heterocycles. The number of amides is 1. The van der Waals surface area contributed by atoms with Crippen molar-refractivity contribution in [2.75, 3.05) is 6.54 Å². The van der Waals surface area contributed by atoms with E-state index >= 15 is 0 Å². The number of ether oxygens (including phenoxy) is 1. The standard InChI is InChI=1S/C17H26N2O2/c1-12(2)21-16-6-4-5-14(10-16)11-17(20)19-8-7-15(18)9-13(19)3/h4-6,10,12-13,15H,7-9,11,18H2,1-3H3/t13-,15+/m0/s1. The van der Waals surface area contributed by atoms with Gasteiger partial charge in [-0.2, -0.15) is 0 Å². The topological polar surface area (TPSA) is 55.6 Å². The molecule has 2 rings (SSSR count). The molecule has 1 saturated heterocycles. The summed E-state index contributed by atoms with van der Waals surface area (Å²) in [5.74, 6) is 1.00. The summed E-state index contributed by atoms with van der Waals surface area (Å²) in [6.07, 6.45) is 2.35. The number of benzene rings is 1. The van der Waals surface area contributed by atoms with Crippen LogP contribution in [-0.2, 0) is 11.2 Å². The zero-order chi connectivity index (χ0) is 15.4. The molecule has 0 unspecified atom stereocenters. The molecule has 0 radical (unpaired) electrons. The Morgan fingerprint density at radius 1 is 1.48 bits per heavy atom. The van der Waals surface area contributed by atoms with Crippen LogP contribution in [0.5, 0.6) is 5.75 Å². The fourth-order valence-corrected chi connectivity index (χ4v) is 2.86. The van der Waals surface area contributed by atoms with Crippen molar-refractivity contribution in [2.24, 2.45) is 5.73 Å². The van der Waals surface area contributed by atoms with E-state index in [9.17, 15) is 4.79 Å². The summed E-state index contributed by atoms with van der Waals surface area (Å²) < 4.78 is 5.68. The van der Waals surface area contributed by atoms with E-state index in [1.54, 1.807) is 0 Å². The number of nitrogens with two attached hydrogens (primary N) is 1. The van der Waals surface area contributed by atoms with Gasteiger partial charge in [0, 0.05) is 18.6 Å². The van der Waals surface area contributed by atoms with Crippen LogP contribution in [0.2, 0.25) is 0 Å². The molecule has 0 spiro atoms. The molecule has 1 amide bonds. The number of hydrogen-bond donors (Lipinski definition) is 1. The minimum absolute atomic E-state index is 0.138. The Hall–Kier alpha value is -1.55. The fourth-order valence-electron chi connectivity index (χ4n) is 2.86. The fraction of sp³-hybridized carbons (Fsp3) is 0.588. The summed E-state index contributed by atoms with van der Waals surface area (Å²) in [5.41, 5.74) is 6.95. The van der Waals surface area contributed by atoms with Crippen molar-refractivity contribution < 1.29 is 9.53 Å². The Morgan fingerprint density at radius 2 is 2.24 bits per heavy atom. The molecule has 1 aliphatic rings. The van der Waals surface area contributed by atoms with E-state index in [0.717, 1.165) is 30.7 Å². The van der Waals surface area contributed by atoms with Crippen molar-refractivity contribution in [2.45, 2.75) is 58.2 Å². The molecule has 1 aromatic rings. The second kappa shape index (κ2) is 6.94. The summed E-state index contributed by atoms with van der Waals surface area (Å²) in [6.45, 7) is 6.84. The monoisotopic (exact) mass is 290 g/mol. The molecule has 0 aromatic heterocycles. The average molecular weight is 290 g/mol. The van der Waals surface area contributed by atoms with Crippen LogP contribution in [0.15, 0.2) is 24.3 Å². The summed E-state index contributed by atoms with van der Waals surface area (Å²) in [4.78, 5) is 14.4. The van der Waals surface area contributed by atoms with E-state index in [2.05, 4.69) is 6.92 Å². The van der Waals surface area contributed by atoms with Gasteiger partial charge in [-0.25, -0.2) is 0 Å². The molecule has 2 atom stereocenters. The third-order valence-corrected chi connectivity index (χ3v) is 3.86. The van der Waals surface area contributed by atoms with Crippen LogP contribution < -0.4 is 10.5 Å². The first-order valence-electron chi connectivity index (χ1n) is 7.76. The number of rotatable bonds is 4. The highest BCUT2D eigenvalue weighted by molar-refractivity contribution is 5.79. The first kappa shape index (κ1) is 15.8. The van der Waals surface area contributed by atoms with Crippen LogP contribution in [0, 0.1) is 0 Å². The van der Waals surface area contributed by atoms with Crippen molar-refractivity contribution >= 4 is 5.91 Å². The second-order valence-corrected chi connectivity index (χ2v) is 6.21. The lowest BCUT2D eigenvalue weighted by Crippen LogP contribution is -2.48. The van der Waals surface area contributed by atoms with Crippen LogP contribution >= 0.6 is 0 Å². The first-order valence-corrected chi connectivity index (χ1v) is 7.76. The van der Waals surface area contributed by atoms with Crippen LogP contribution in [0.25, 0.3) is 0 Å². The van der Waals surface area contributed by atoms with Crippen LogP contribution in [0.3, 0.4) is 0 Å². The Morgan fingerprint density at radius 3 is 2.90 bits per heavy atom. The highest BCUT2D eigenvalue weighted by atomic mass is 16.5. The molecule has 1 heterocycles. The van der Waals surface area contributed by atoms with E-state index in [4.69, 9.17) is 10.5 Å². The van der Waals surface area contributed by atoms with Gasteiger partial charge in [0.1, 0.15) is 5.75 Å². The molecule has 0 bridgehead atoms. The molecular formula is C17H26N2O2. The van der Waals surface area contributed by atoms with Crippen molar-refractivity contribution in [3.05, 3.63) is 29.8 Å². The van der Waals surface area contributed by atoms with Crippen molar-refractivity contribution in [1.29, 1.82) is 0 Å². The minimum atomic E-state index is 0.138. The summed E-state index contributed by atoms with van der Waals surface area (Å²) >= 11 is 0. The lowest BCUT2D eigenvalue weighted by molar-refractivity contribution is -0.133. The van der Waals surface area contributed by atoms with E-state index < -0.39 is 0 Å². The number of likely N-dealkylation sites (tertiary alicyclic amines) is 1. The van der Waals surface area contributed by atoms with Crippen LogP contribution in [0.1, 0.15) is 39.2 Å². The third kappa shape index (κ3) is 4.46. The van der Waals surface area contributed by atoms with Gasteiger partial charge < -0.3 is 15.4 Å². The van der Waals surface area contributed by atoms with E-state index in [1.807, 2.05) is 43.0 Å². The van der Waals surface area contributed by atoms with Gasteiger partial charge in [0.15, 0.2) is 0 Å². The summed E-state index contributed by atoms with van der Waals surface area (Å²) in [7, 11) is 0. The Bertz CT molecular complexity index is 487. The van der Waals surface area contributed by atoms with Crippen LogP contribution in [0.4, 0.5) is 0 Å². The first-order chi connectivity index (χ1) is 9.95. The van der Waals surface area contributed by atoms with Gasteiger partial charge in [-0.3, -0.25) is 4.79 Å². The molecule has 0 saturated carbocycles. The highest BCUT2D eigenvalue weighted by Gasteiger charge is 2.26. The molecule has 116 valence electrons. The van der Waals surface area contributed by atoms with E-state index in [0.29, 0.717) is 6.42 Å². The maximum Gasteiger partial charge on any atom is 0.227 e. The number of carbonyl (C=O) groups is 1. The molecule has 1 fully saturated rings. The number of piperidine rings is 1. The zero-order valence-corrected chi connectivity index (χ0v) is 13.2. The largest absolute Gasteiger partial charge is 0.491 e. The SMILES string of the molecule is CC(C)Oc1cccc(CC(=O)N2CC[C@@H](N)C[C@@H]2C)c1. The Kier molecular flexibility index (Phi) is 5.23. The lowest BCUT2D eigenvalue weighted by Gasteiger charge is -2.36. The van der Waals surface area contributed by atoms with Gasteiger partial charge in [0.2, 0.25) is 5.91 Å². The lowest BCUT2D eigenvalue weighted by atomic mass is 9.98. The minimum Gasteiger partial charge on any atom is -0.491 e. The smallest absolute Gasteiger partial charge is 0.227 e. The van der Waals surface area contributed by atoms with E-state index in [-0.39, 0.29) is 24.1 Å². The molecule has 4 nitrogen and oxygen atoms in total. The van der Waals surface area contributed by atoms with Crippen molar-refractivity contribution in [3.63, 3.8) is 0 Å². The molecule has 4 heteroatoms. The average Bonchev–Trinajstić information content (AvgIpc) is 2.37. The molecule has 0 aliphatic carbocycles. The number of hydrogen-bond acceptors (Lipinski definition) is 3.